The second-order valence-electron chi connectivity index (χ2n) is 7.14. The zero-order chi connectivity index (χ0) is 18.5. The van der Waals surface area contributed by atoms with Crippen LogP contribution in [0.3, 0.4) is 0 Å². The van der Waals surface area contributed by atoms with Gasteiger partial charge in [-0.25, -0.2) is 0 Å². The molecule has 3 N–H and O–H groups in total. The van der Waals surface area contributed by atoms with E-state index in [0.29, 0.717) is 18.4 Å². The summed E-state index contributed by atoms with van der Waals surface area (Å²) in [5.74, 6) is 0.555. The maximum atomic E-state index is 12.4. The molecule has 1 aromatic heterocycles. The molecule has 0 radical (unpaired) electrons. The van der Waals surface area contributed by atoms with E-state index in [1.54, 1.807) is 18.1 Å². The van der Waals surface area contributed by atoms with Crippen LogP contribution in [0.1, 0.15) is 49.8 Å². The first-order valence-corrected chi connectivity index (χ1v) is 10.0. The minimum Gasteiger partial charge on any atom is -0.328 e. The Morgan fingerprint density at radius 2 is 2.15 bits per heavy atom. The van der Waals surface area contributed by atoms with Gasteiger partial charge in [0.15, 0.2) is 5.16 Å². The summed E-state index contributed by atoms with van der Waals surface area (Å²) in [4.78, 5) is 12.4. The number of nitrogens with one attached hydrogen (secondary N) is 1. The number of amides is 1. The van der Waals surface area contributed by atoms with Crippen LogP contribution in [0.5, 0.6) is 0 Å². The van der Waals surface area contributed by atoms with E-state index in [1.165, 1.54) is 0 Å². The van der Waals surface area contributed by atoms with E-state index < -0.39 is 0 Å². The zero-order valence-corrected chi connectivity index (χ0v) is 16.2. The molecular weight excluding hydrogens is 346 g/mol. The third-order valence-corrected chi connectivity index (χ3v) is 6.16. The Labute approximate surface area is 158 Å². The lowest BCUT2D eigenvalue weighted by molar-refractivity contribution is -0.117. The van der Waals surface area contributed by atoms with Gasteiger partial charge < -0.3 is 15.6 Å². The van der Waals surface area contributed by atoms with Gasteiger partial charge in [-0.3, -0.25) is 4.79 Å². The Morgan fingerprint density at radius 3 is 2.85 bits per heavy atom. The van der Waals surface area contributed by atoms with Gasteiger partial charge in [0.1, 0.15) is 6.33 Å². The minimum absolute atomic E-state index is 0.0937. The number of hydrogen-bond donors (Lipinski definition) is 2. The van der Waals surface area contributed by atoms with E-state index in [-0.39, 0.29) is 11.2 Å². The Morgan fingerprint density at radius 1 is 1.38 bits per heavy atom. The molecule has 0 spiro atoms. The molecule has 7 heteroatoms. The van der Waals surface area contributed by atoms with Crippen molar-refractivity contribution < 1.29 is 4.79 Å². The average Bonchev–Trinajstić information content (AvgIpc) is 3.02. The fourth-order valence-electron chi connectivity index (χ4n) is 3.34. The van der Waals surface area contributed by atoms with Crippen LogP contribution in [-0.2, 0) is 11.8 Å². The van der Waals surface area contributed by atoms with Crippen LogP contribution in [0.4, 0.5) is 5.69 Å². The van der Waals surface area contributed by atoms with E-state index in [1.807, 2.05) is 29.8 Å². The number of carbonyl (C=O) groups is 1. The number of rotatable bonds is 6. The van der Waals surface area contributed by atoms with Crippen molar-refractivity contribution in [2.75, 3.05) is 5.32 Å². The van der Waals surface area contributed by atoms with E-state index >= 15 is 0 Å². The quantitative estimate of drug-likeness (QED) is 0.757. The molecular formula is C19H27N5OS. The molecule has 1 aliphatic rings. The summed E-state index contributed by atoms with van der Waals surface area (Å²) < 4.78 is 1.91. The predicted octanol–water partition coefficient (Wildman–Crippen LogP) is 3.51. The molecule has 140 valence electrons. The second kappa shape index (κ2) is 8.68. The van der Waals surface area contributed by atoms with Gasteiger partial charge in [0.2, 0.25) is 5.91 Å². The number of hydrogen-bond acceptors (Lipinski definition) is 5. The number of nitrogens with zero attached hydrogens (tertiary/aromatic N) is 3. The number of anilines is 1. The molecule has 2 aromatic rings. The van der Waals surface area contributed by atoms with Gasteiger partial charge in [0.25, 0.3) is 0 Å². The predicted molar refractivity (Wildman–Crippen MR) is 105 cm³/mol. The highest BCUT2D eigenvalue weighted by Crippen LogP contribution is 2.34. The van der Waals surface area contributed by atoms with Crippen LogP contribution in [0.2, 0.25) is 0 Å². The van der Waals surface area contributed by atoms with Gasteiger partial charge in [0, 0.05) is 30.4 Å². The van der Waals surface area contributed by atoms with Crippen molar-refractivity contribution in [1.29, 1.82) is 0 Å². The minimum atomic E-state index is 0.0937. The molecule has 0 bridgehead atoms. The number of nitrogens with two attached hydrogens (primary N) is 1. The Kier molecular flexibility index (Phi) is 6.32. The van der Waals surface area contributed by atoms with E-state index in [2.05, 4.69) is 28.5 Å². The number of benzene rings is 1. The number of thioether (sulfide) groups is 1. The molecule has 0 saturated heterocycles. The zero-order valence-electron chi connectivity index (χ0n) is 15.4. The molecule has 1 aliphatic carbocycles. The first kappa shape index (κ1) is 18.9. The van der Waals surface area contributed by atoms with Gasteiger partial charge in [-0.2, -0.15) is 0 Å². The number of carbonyl (C=O) groups excluding carboxylic acids is 1. The third kappa shape index (κ3) is 5.08. The molecule has 1 atom stereocenters. The second-order valence-corrected chi connectivity index (χ2v) is 8.45. The van der Waals surface area contributed by atoms with Gasteiger partial charge in [-0.15, -0.1) is 10.2 Å². The van der Waals surface area contributed by atoms with Crippen molar-refractivity contribution in [3.05, 3.63) is 36.2 Å². The molecule has 3 rings (SSSR count). The lowest BCUT2D eigenvalue weighted by Crippen LogP contribution is -2.28. The molecule has 1 unspecified atom stereocenters. The summed E-state index contributed by atoms with van der Waals surface area (Å²) in [6, 6.07) is 8.37. The first-order chi connectivity index (χ1) is 12.5. The Hall–Kier alpha value is -1.86. The van der Waals surface area contributed by atoms with E-state index in [9.17, 15) is 4.79 Å². The van der Waals surface area contributed by atoms with Crippen molar-refractivity contribution in [1.82, 2.24) is 14.8 Å². The normalized spacial score (nSPS) is 21.3. The van der Waals surface area contributed by atoms with Crippen LogP contribution in [0.25, 0.3) is 0 Å². The molecule has 26 heavy (non-hydrogen) atoms. The van der Waals surface area contributed by atoms with Crippen LogP contribution >= 0.6 is 11.8 Å². The van der Waals surface area contributed by atoms with Crippen molar-refractivity contribution in [2.45, 2.75) is 55.5 Å². The van der Waals surface area contributed by atoms with E-state index in [0.717, 1.165) is 42.1 Å². The average molecular weight is 374 g/mol. The van der Waals surface area contributed by atoms with Crippen LogP contribution < -0.4 is 11.1 Å². The first-order valence-electron chi connectivity index (χ1n) is 9.17. The molecule has 1 amide bonds. The SMILES string of the molecule is CC(Sc1nncn1C)c1cccc(NC(=O)CC2CCC(N)CC2)c1. The van der Waals surface area contributed by atoms with Crippen molar-refractivity contribution in [3.63, 3.8) is 0 Å². The van der Waals surface area contributed by atoms with Gasteiger partial charge in [-0.05, 0) is 56.2 Å². The highest BCUT2D eigenvalue weighted by Gasteiger charge is 2.21. The van der Waals surface area contributed by atoms with Crippen molar-refractivity contribution in [2.24, 2.45) is 18.7 Å². The third-order valence-electron chi connectivity index (χ3n) is 4.96. The summed E-state index contributed by atoms with van der Waals surface area (Å²) >= 11 is 1.65. The fraction of sp³-hybridized carbons (Fsp3) is 0.526. The summed E-state index contributed by atoms with van der Waals surface area (Å²) in [5, 5.41) is 12.2. The Bertz CT molecular complexity index is 739. The smallest absolute Gasteiger partial charge is 0.224 e. The monoisotopic (exact) mass is 373 g/mol. The number of aromatic nitrogens is 3. The molecule has 1 saturated carbocycles. The molecule has 1 aromatic carbocycles. The van der Waals surface area contributed by atoms with Crippen molar-refractivity contribution >= 4 is 23.4 Å². The maximum Gasteiger partial charge on any atom is 0.224 e. The van der Waals surface area contributed by atoms with Crippen LogP contribution in [0.15, 0.2) is 35.7 Å². The molecule has 6 nitrogen and oxygen atoms in total. The van der Waals surface area contributed by atoms with Crippen LogP contribution in [-0.4, -0.2) is 26.7 Å². The Balaban J connectivity index is 1.56. The molecule has 1 heterocycles. The van der Waals surface area contributed by atoms with Gasteiger partial charge >= 0.3 is 0 Å². The molecule has 0 aliphatic heterocycles. The summed E-state index contributed by atoms with van der Waals surface area (Å²) in [6.07, 6.45) is 6.46. The highest BCUT2D eigenvalue weighted by molar-refractivity contribution is 7.99. The molecule has 1 fully saturated rings. The highest BCUT2D eigenvalue weighted by atomic mass is 32.2. The maximum absolute atomic E-state index is 12.4. The lowest BCUT2D eigenvalue weighted by Gasteiger charge is -2.25. The largest absolute Gasteiger partial charge is 0.328 e. The van der Waals surface area contributed by atoms with Gasteiger partial charge in [0.05, 0.1) is 0 Å². The standard InChI is InChI=1S/C19H27N5OS/c1-13(26-19-23-21-12-24(19)2)15-4-3-5-17(11-15)22-18(25)10-14-6-8-16(20)9-7-14/h3-5,11-14,16H,6-10,20H2,1-2H3,(H,22,25). The van der Waals surface area contributed by atoms with Gasteiger partial charge in [-0.1, -0.05) is 23.9 Å². The summed E-state index contributed by atoms with van der Waals surface area (Å²) in [6.45, 7) is 2.13. The lowest BCUT2D eigenvalue weighted by atomic mass is 9.84. The summed E-state index contributed by atoms with van der Waals surface area (Å²) in [7, 11) is 1.93. The number of aryl methyl sites for hydroxylation is 1. The summed E-state index contributed by atoms with van der Waals surface area (Å²) in [5.41, 5.74) is 7.95. The van der Waals surface area contributed by atoms with Crippen molar-refractivity contribution in [3.8, 4) is 0 Å². The fourth-order valence-corrected chi connectivity index (χ4v) is 4.25. The van der Waals surface area contributed by atoms with Crippen LogP contribution in [0, 0.1) is 5.92 Å². The topological polar surface area (TPSA) is 85.8 Å². The van der Waals surface area contributed by atoms with E-state index in [4.69, 9.17) is 5.73 Å².